The monoisotopic (exact) mass is 313 g/mol. The lowest BCUT2D eigenvalue weighted by Gasteiger charge is -2.10. The van der Waals surface area contributed by atoms with Crippen LogP contribution in [0.25, 0.3) is 0 Å². The molecule has 0 saturated heterocycles. The van der Waals surface area contributed by atoms with Crippen molar-refractivity contribution in [3.05, 3.63) is 76.3 Å². The zero-order valence-corrected chi connectivity index (χ0v) is 13.1. The molecule has 0 radical (unpaired) electrons. The van der Waals surface area contributed by atoms with E-state index in [-0.39, 0.29) is 11.7 Å². The number of benzene rings is 2. The molecule has 0 aliphatic heterocycles. The van der Waals surface area contributed by atoms with Crippen LogP contribution in [0.15, 0.2) is 60.2 Å². The highest BCUT2D eigenvalue weighted by molar-refractivity contribution is 6.31. The van der Waals surface area contributed by atoms with Gasteiger partial charge in [-0.05, 0) is 32.0 Å². The Morgan fingerprint density at radius 1 is 1.05 bits per heavy atom. The minimum absolute atomic E-state index is 0.185. The molecule has 2 rings (SSSR count). The number of anilines is 1. The Labute approximate surface area is 134 Å². The van der Waals surface area contributed by atoms with E-state index in [0.717, 1.165) is 5.57 Å². The molecule has 0 bridgehead atoms. The second-order valence-corrected chi connectivity index (χ2v) is 5.53. The van der Waals surface area contributed by atoms with Crippen LogP contribution >= 0.6 is 11.6 Å². The molecular formula is C18H16ClNO2. The summed E-state index contributed by atoms with van der Waals surface area (Å²) in [7, 11) is 0. The maximum absolute atomic E-state index is 12.6. The Kier molecular flexibility index (Phi) is 5.12. The van der Waals surface area contributed by atoms with Gasteiger partial charge in [-0.3, -0.25) is 9.59 Å². The highest BCUT2D eigenvalue weighted by Gasteiger charge is 2.15. The molecule has 0 aromatic heterocycles. The lowest BCUT2D eigenvalue weighted by Crippen LogP contribution is -2.13. The highest BCUT2D eigenvalue weighted by atomic mass is 35.5. The Hall–Kier alpha value is -2.39. The molecule has 112 valence electrons. The third-order valence-electron chi connectivity index (χ3n) is 2.94. The predicted molar refractivity (Wildman–Crippen MR) is 89.4 cm³/mol. The number of halogens is 1. The third-order valence-corrected chi connectivity index (χ3v) is 3.17. The van der Waals surface area contributed by atoms with Crippen molar-refractivity contribution in [3.63, 3.8) is 0 Å². The lowest BCUT2D eigenvalue weighted by atomic mass is 10.0. The quantitative estimate of drug-likeness (QED) is 0.668. The number of amides is 1. The van der Waals surface area contributed by atoms with Crippen molar-refractivity contribution in [3.8, 4) is 0 Å². The van der Waals surface area contributed by atoms with Crippen molar-refractivity contribution < 1.29 is 9.59 Å². The van der Waals surface area contributed by atoms with Crippen molar-refractivity contribution in [2.24, 2.45) is 0 Å². The van der Waals surface area contributed by atoms with E-state index in [1.807, 2.05) is 19.9 Å². The summed E-state index contributed by atoms with van der Waals surface area (Å²) in [6.07, 6.45) is 1.48. The zero-order chi connectivity index (χ0) is 16.1. The van der Waals surface area contributed by atoms with Gasteiger partial charge in [0.15, 0.2) is 5.78 Å². The van der Waals surface area contributed by atoms with E-state index in [0.29, 0.717) is 21.8 Å². The van der Waals surface area contributed by atoms with Gasteiger partial charge in [0.25, 0.3) is 0 Å². The van der Waals surface area contributed by atoms with Crippen LogP contribution in [0.5, 0.6) is 0 Å². The van der Waals surface area contributed by atoms with Crippen molar-refractivity contribution in [2.75, 3.05) is 5.32 Å². The van der Waals surface area contributed by atoms with Crippen LogP contribution < -0.4 is 5.32 Å². The van der Waals surface area contributed by atoms with E-state index >= 15 is 0 Å². The van der Waals surface area contributed by atoms with E-state index in [1.54, 1.807) is 42.5 Å². The normalized spacial score (nSPS) is 9.95. The van der Waals surface area contributed by atoms with E-state index in [4.69, 9.17) is 11.6 Å². The maximum atomic E-state index is 12.6. The van der Waals surface area contributed by atoms with Gasteiger partial charge >= 0.3 is 0 Å². The Bertz CT molecular complexity index is 732. The predicted octanol–water partition coefficient (Wildman–Crippen LogP) is 4.48. The maximum Gasteiger partial charge on any atom is 0.248 e. The molecule has 4 heteroatoms. The number of carbonyl (C=O) groups is 2. The summed E-state index contributed by atoms with van der Waals surface area (Å²) >= 11 is 5.99. The minimum Gasteiger partial charge on any atom is -0.322 e. The SMILES string of the molecule is CC(C)=CC(=O)Nc1ccc(Cl)cc1C(=O)c1ccccc1. The number of allylic oxidation sites excluding steroid dienone is 1. The summed E-state index contributed by atoms with van der Waals surface area (Å²) in [6.45, 7) is 3.66. The number of hydrogen-bond acceptors (Lipinski definition) is 2. The van der Waals surface area contributed by atoms with Crippen LogP contribution in [-0.4, -0.2) is 11.7 Å². The van der Waals surface area contributed by atoms with Gasteiger partial charge in [0.05, 0.1) is 5.69 Å². The van der Waals surface area contributed by atoms with E-state index in [2.05, 4.69) is 5.32 Å². The fourth-order valence-electron chi connectivity index (χ4n) is 1.99. The fourth-order valence-corrected chi connectivity index (χ4v) is 2.16. The highest BCUT2D eigenvalue weighted by Crippen LogP contribution is 2.23. The van der Waals surface area contributed by atoms with Crippen LogP contribution in [0, 0.1) is 0 Å². The molecule has 2 aromatic rings. The van der Waals surface area contributed by atoms with Crippen LogP contribution in [0.1, 0.15) is 29.8 Å². The van der Waals surface area contributed by atoms with Gasteiger partial charge in [-0.25, -0.2) is 0 Å². The second-order valence-electron chi connectivity index (χ2n) is 5.10. The average molecular weight is 314 g/mol. The first-order chi connectivity index (χ1) is 10.5. The van der Waals surface area contributed by atoms with Gasteiger partial charge in [-0.15, -0.1) is 0 Å². The van der Waals surface area contributed by atoms with Gasteiger partial charge in [-0.1, -0.05) is 47.5 Å². The molecule has 0 saturated carbocycles. The van der Waals surface area contributed by atoms with E-state index in [1.165, 1.54) is 6.08 Å². The Balaban J connectivity index is 2.38. The molecular weight excluding hydrogens is 298 g/mol. The van der Waals surface area contributed by atoms with Gasteiger partial charge in [0, 0.05) is 22.2 Å². The second kappa shape index (κ2) is 7.05. The summed E-state index contributed by atoms with van der Waals surface area (Å²) in [6, 6.07) is 13.7. The third kappa shape index (κ3) is 4.06. The van der Waals surface area contributed by atoms with Crippen molar-refractivity contribution in [1.82, 2.24) is 0 Å². The summed E-state index contributed by atoms with van der Waals surface area (Å²) < 4.78 is 0. The fraction of sp³-hybridized carbons (Fsp3) is 0.111. The molecule has 0 atom stereocenters. The standard InChI is InChI=1S/C18H16ClNO2/c1-12(2)10-17(21)20-16-9-8-14(19)11-15(16)18(22)13-6-4-3-5-7-13/h3-11H,1-2H3,(H,20,21). The van der Waals surface area contributed by atoms with Crippen molar-refractivity contribution in [2.45, 2.75) is 13.8 Å². The van der Waals surface area contributed by atoms with Crippen LogP contribution in [-0.2, 0) is 4.79 Å². The molecule has 0 spiro atoms. The lowest BCUT2D eigenvalue weighted by molar-refractivity contribution is -0.111. The molecule has 0 heterocycles. The minimum atomic E-state index is -0.274. The summed E-state index contributed by atoms with van der Waals surface area (Å²) in [4.78, 5) is 24.5. The molecule has 0 aliphatic rings. The van der Waals surface area contributed by atoms with Gasteiger partial charge in [0.2, 0.25) is 5.91 Å². The van der Waals surface area contributed by atoms with Crippen molar-refractivity contribution >= 4 is 29.0 Å². The Morgan fingerprint density at radius 2 is 1.73 bits per heavy atom. The largest absolute Gasteiger partial charge is 0.322 e. The summed E-state index contributed by atoms with van der Waals surface area (Å²) in [5, 5.41) is 3.17. The number of carbonyl (C=O) groups excluding carboxylic acids is 2. The Morgan fingerprint density at radius 3 is 2.36 bits per heavy atom. The number of hydrogen-bond donors (Lipinski definition) is 1. The van der Waals surface area contributed by atoms with E-state index in [9.17, 15) is 9.59 Å². The van der Waals surface area contributed by atoms with Gasteiger partial charge in [-0.2, -0.15) is 0 Å². The molecule has 22 heavy (non-hydrogen) atoms. The van der Waals surface area contributed by atoms with Gasteiger partial charge in [0.1, 0.15) is 0 Å². The smallest absolute Gasteiger partial charge is 0.248 e. The van der Waals surface area contributed by atoms with Crippen molar-refractivity contribution in [1.29, 1.82) is 0 Å². The van der Waals surface area contributed by atoms with Gasteiger partial charge < -0.3 is 5.32 Å². The number of nitrogens with one attached hydrogen (secondary N) is 1. The first kappa shape index (κ1) is 16.0. The van der Waals surface area contributed by atoms with Crippen LogP contribution in [0.3, 0.4) is 0 Å². The van der Waals surface area contributed by atoms with Crippen LogP contribution in [0.2, 0.25) is 5.02 Å². The number of ketones is 1. The molecule has 0 unspecified atom stereocenters. The average Bonchev–Trinajstić information content (AvgIpc) is 2.48. The molecule has 1 amide bonds. The molecule has 1 N–H and O–H groups in total. The summed E-state index contributed by atoms with van der Waals surface area (Å²) in [5.41, 5.74) is 2.24. The topological polar surface area (TPSA) is 46.2 Å². The molecule has 2 aromatic carbocycles. The molecule has 0 fully saturated rings. The first-order valence-electron chi connectivity index (χ1n) is 6.82. The zero-order valence-electron chi connectivity index (χ0n) is 12.4. The van der Waals surface area contributed by atoms with E-state index < -0.39 is 0 Å². The molecule has 3 nitrogen and oxygen atoms in total. The van der Waals surface area contributed by atoms with Crippen LogP contribution in [0.4, 0.5) is 5.69 Å². The summed E-state index contributed by atoms with van der Waals surface area (Å²) in [5.74, 6) is -0.458. The number of rotatable bonds is 4. The molecule has 0 aliphatic carbocycles. The first-order valence-corrected chi connectivity index (χ1v) is 7.20.